The number of halogens is 2. The summed E-state index contributed by atoms with van der Waals surface area (Å²) >= 11 is 0. The number of aromatic amines is 4. The van der Waals surface area contributed by atoms with Gasteiger partial charge in [-0.1, -0.05) is 48.2 Å². The van der Waals surface area contributed by atoms with E-state index in [9.17, 15) is 8.78 Å². The van der Waals surface area contributed by atoms with Gasteiger partial charge < -0.3 is 34.3 Å². The monoisotopic (exact) mass is 744 g/mol. The van der Waals surface area contributed by atoms with Crippen molar-refractivity contribution < 1.29 is 18.3 Å². The summed E-state index contributed by atoms with van der Waals surface area (Å²) < 4.78 is 39.8. The van der Waals surface area contributed by atoms with E-state index in [0.717, 1.165) is 83.5 Å². The molecule has 56 heavy (non-hydrogen) atoms. The molecule has 0 atom stereocenters. The third kappa shape index (κ3) is 5.42. The lowest BCUT2D eigenvalue weighted by Gasteiger charge is -2.30. The maximum atomic E-state index is 14.2. The SMILES string of the molecule is CN(C)CC#Cc1c2[nH]c3ccccc3c2cc2c1[nH]c1ccccc12.COc1c2[nH]c3ccc(F)cc3c2c(N2CCOCC2)c2c1[nH]c1ccc(F)cc12. The number of H-pyrrole nitrogens is 4. The molecule has 10 heteroatoms. The summed E-state index contributed by atoms with van der Waals surface area (Å²) in [5.41, 5.74) is 9.73. The minimum atomic E-state index is -0.305. The Morgan fingerprint density at radius 3 is 1.66 bits per heavy atom. The van der Waals surface area contributed by atoms with Crippen LogP contribution in [0, 0.1) is 23.5 Å². The van der Waals surface area contributed by atoms with E-state index in [4.69, 9.17) is 9.47 Å². The fraction of sp³-hybridized carbons (Fsp3) is 0.174. The zero-order chi connectivity index (χ0) is 38.1. The molecule has 278 valence electrons. The van der Waals surface area contributed by atoms with Crippen molar-refractivity contribution in [1.82, 2.24) is 24.8 Å². The number of morpholine rings is 1. The quantitative estimate of drug-likeness (QED) is 0.136. The van der Waals surface area contributed by atoms with Crippen molar-refractivity contribution in [2.75, 3.05) is 59.0 Å². The first-order valence-electron chi connectivity index (χ1n) is 18.7. The van der Waals surface area contributed by atoms with Crippen LogP contribution in [0.3, 0.4) is 0 Å². The molecular weight excluding hydrogens is 707 g/mol. The van der Waals surface area contributed by atoms with Crippen LogP contribution in [0.4, 0.5) is 14.5 Å². The highest BCUT2D eigenvalue weighted by Crippen LogP contribution is 2.48. The normalized spacial score (nSPS) is 13.5. The van der Waals surface area contributed by atoms with E-state index in [1.807, 2.05) is 14.1 Å². The number of benzene rings is 6. The Morgan fingerprint density at radius 2 is 1.14 bits per heavy atom. The average Bonchev–Trinajstić information content (AvgIpc) is 3.98. The zero-order valence-corrected chi connectivity index (χ0v) is 31.2. The number of hydrogen-bond donors (Lipinski definition) is 4. The number of ether oxygens (including phenoxy) is 2. The molecule has 0 bridgehead atoms. The first kappa shape index (κ1) is 34.0. The van der Waals surface area contributed by atoms with Crippen molar-refractivity contribution in [3.63, 3.8) is 0 Å². The number of nitrogens with one attached hydrogen (secondary N) is 4. The predicted molar refractivity (Wildman–Crippen MR) is 225 cm³/mol. The predicted octanol–water partition coefficient (Wildman–Crippen LogP) is 9.95. The number of para-hydroxylation sites is 2. The Balaban J connectivity index is 0.000000139. The van der Waals surface area contributed by atoms with Crippen LogP contribution >= 0.6 is 0 Å². The molecule has 4 aromatic heterocycles. The molecule has 1 aliphatic heterocycles. The van der Waals surface area contributed by atoms with Crippen molar-refractivity contribution in [2.24, 2.45) is 0 Å². The van der Waals surface area contributed by atoms with Crippen LogP contribution in [0.1, 0.15) is 5.56 Å². The van der Waals surface area contributed by atoms with Crippen LogP contribution in [0.25, 0.3) is 87.2 Å². The van der Waals surface area contributed by atoms with Crippen LogP contribution in [-0.4, -0.2) is 78.9 Å². The van der Waals surface area contributed by atoms with Gasteiger partial charge in [0.25, 0.3) is 0 Å². The first-order chi connectivity index (χ1) is 27.4. The maximum absolute atomic E-state index is 14.2. The van der Waals surface area contributed by atoms with Crippen molar-refractivity contribution in [2.45, 2.75) is 0 Å². The summed E-state index contributed by atoms with van der Waals surface area (Å²) in [6, 6.07) is 28.6. The van der Waals surface area contributed by atoms with Crippen LogP contribution in [0.15, 0.2) is 91.0 Å². The number of aromatic nitrogens is 4. The van der Waals surface area contributed by atoms with Gasteiger partial charge in [-0.05, 0) is 68.7 Å². The Kier molecular flexibility index (Phi) is 8.10. The van der Waals surface area contributed by atoms with E-state index in [-0.39, 0.29) is 11.6 Å². The Bertz CT molecular complexity index is 3040. The van der Waals surface area contributed by atoms with Crippen LogP contribution in [0.2, 0.25) is 0 Å². The number of hydrogen-bond acceptors (Lipinski definition) is 4. The van der Waals surface area contributed by atoms with E-state index in [1.165, 1.54) is 33.7 Å². The van der Waals surface area contributed by atoms with Crippen molar-refractivity contribution in [1.29, 1.82) is 0 Å². The standard InChI is InChI=1S/C23H19F2N3O2.C23H19N3/c1-29-23-20-18(14-10-12(24)2-4-16(14)26-20)22(28-6-8-30-9-7-28)19-15-11-13(25)3-5-17(15)27-21(19)23;1-26(2)13-7-10-17-22-18(15-8-3-5-11-20(15)24-22)14-19-16-9-4-6-12-21(16)25-23(17)19/h2-5,10-11,26-27H,6-9H2,1H3;3-6,8-9,11-12,14,24-25H,13H2,1-2H3. The van der Waals surface area contributed by atoms with Gasteiger partial charge in [0.05, 0.1) is 60.2 Å². The van der Waals surface area contributed by atoms with Crippen LogP contribution in [0.5, 0.6) is 5.75 Å². The second-order valence-electron chi connectivity index (χ2n) is 14.6. The molecule has 0 radical (unpaired) electrons. The summed E-state index contributed by atoms with van der Waals surface area (Å²) in [7, 11) is 5.69. The fourth-order valence-electron chi connectivity index (χ4n) is 8.42. The topological polar surface area (TPSA) is 88.1 Å². The molecule has 10 aromatic rings. The molecule has 8 nitrogen and oxygen atoms in total. The number of anilines is 1. The van der Waals surface area contributed by atoms with Gasteiger partial charge in [-0.3, -0.25) is 4.90 Å². The molecule has 0 aliphatic carbocycles. The molecule has 11 rings (SSSR count). The average molecular weight is 745 g/mol. The largest absolute Gasteiger partial charge is 0.492 e. The molecule has 4 N–H and O–H groups in total. The molecule has 1 fully saturated rings. The van der Waals surface area contributed by atoms with Gasteiger partial charge in [0, 0.05) is 78.2 Å². The van der Waals surface area contributed by atoms with Gasteiger partial charge in [0.1, 0.15) is 11.6 Å². The van der Waals surface area contributed by atoms with Gasteiger partial charge in [-0.15, -0.1) is 0 Å². The lowest BCUT2D eigenvalue weighted by molar-refractivity contribution is 0.123. The Labute approximate surface area is 320 Å². The van der Waals surface area contributed by atoms with E-state index >= 15 is 0 Å². The van der Waals surface area contributed by atoms with Gasteiger partial charge in [-0.25, -0.2) is 8.78 Å². The summed E-state index contributed by atoms with van der Waals surface area (Å²) in [4.78, 5) is 18.3. The molecule has 1 aliphatic rings. The highest BCUT2D eigenvalue weighted by Gasteiger charge is 2.27. The summed E-state index contributed by atoms with van der Waals surface area (Å²) in [6.07, 6.45) is 0. The molecule has 5 heterocycles. The molecule has 0 saturated carbocycles. The van der Waals surface area contributed by atoms with E-state index in [1.54, 1.807) is 31.4 Å². The number of methoxy groups -OCH3 is 1. The van der Waals surface area contributed by atoms with Gasteiger partial charge in [0.2, 0.25) is 0 Å². The van der Waals surface area contributed by atoms with Gasteiger partial charge in [-0.2, -0.15) is 0 Å². The molecule has 6 aromatic carbocycles. The molecule has 1 saturated heterocycles. The third-order valence-electron chi connectivity index (χ3n) is 10.9. The number of fused-ring (bicyclic) bond motifs is 12. The van der Waals surface area contributed by atoms with E-state index in [2.05, 4.69) is 96.2 Å². The number of nitrogens with zero attached hydrogens (tertiary/aromatic N) is 2. The summed E-state index contributed by atoms with van der Waals surface area (Å²) in [6.45, 7) is 3.32. The summed E-state index contributed by atoms with van der Waals surface area (Å²) in [5.74, 6) is 6.76. The second kappa shape index (κ2) is 13.3. The van der Waals surface area contributed by atoms with E-state index < -0.39 is 0 Å². The third-order valence-corrected chi connectivity index (χ3v) is 10.9. The van der Waals surface area contributed by atoms with E-state index in [0.29, 0.717) is 32.1 Å². The molecule has 0 amide bonds. The smallest absolute Gasteiger partial charge is 0.167 e. The summed E-state index contributed by atoms with van der Waals surface area (Å²) in [5, 5.41) is 8.24. The molecule has 0 spiro atoms. The van der Waals surface area contributed by atoms with Crippen molar-refractivity contribution in [3.8, 4) is 17.6 Å². The highest BCUT2D eigenvalue weighted by molar-refractivity contribution is 6.29. The molecule has 0 unspecified atom stereocenters. The fourth-order valence-corrected chi connectivity index (χ4v) is 8.42. The highest BCUT2D eigenvalue weighted by atomic mass is 19.1. The van der Waals surface area contributed by atoms with Crippen LogP contribution in [-0.2, 0) is 4.74 Å². The van der Waals surface area contributed by atoms with Gasteiger partial charge >= 0.3 is 0 Å². The Morgan fingerprint density at radius 1 is 0.643 bits per heavy atom. The van der Waals surface area contributed by atoms with Crippen molar-refractivity contribution >= 4 is 92.9 Å². The van der Waals surface area contributed by atoms with Crippen molar-refractivity contribution in [3.05, 3.63) is 108 Å². The second-order valence-corrected chi connectivity index (χ2v) is 14.6. The minimum Gasteiger partial charge on any atom is -0.492 e. The van der Waals surface area contributed by atoms with Gasteiger partial charge in [0.15, 0.2) is 5.75 Å². The lowest BCUT2D eigenvalue weighted by Crippen LogP contribution is -2.36. The maximum Gasteiger partial charge on any atom is 0.167 e. The lowest BCUT2D eigenvalue weighted by atomic mass is 10.0. The number of rotatable bonds is 3. The molecular formula is C46H38F2N6O2. The Hall–Kier alpha value is -6.54. The van der Waals surface area contributed by atoms with Crippen LogP contribution < -0.4 is 9.64 Å². The zero-order valence-electron chi connectivity index (χ0n) is 31.2. The minimum absolute atomic E-state index is 0.305. The first-order valence-corrected chi connectivity index (χ1v) is 18.7.